The SMILES string of the molecule is CNC(c1ccc(C)c(Br)c1)C(C)c1ccccn1. The van der Waals surface area contributed by atoms with E-state index in [0.717, 1.165) is 10.2 Å². The number of nitrogens with zero attached hydrogens (tertiary/aromatic N) is 1. The Morgan fingerprint density at radius 3 is 2.58 bits per heavy atom. The summed E-state index contributed by atoms with van der Waals surface area (Å²) in [5.74, 6) is 0.320. The van der Waals surface area contributed by atoms with Crippen LogP contribution in [0.25, 0.3) is 0 Å². The van der Waals surface area contributed by atoms with Gasteiger partial charge in [0, 0.05) is 28.3 Å². The first-order chi connectivity index (χ1) is 9.13. The van der Waals surface area contributed by atoms with Gasteiger partial charge in [0.1, 0.15) is 0 Å². The van der Waals surface area contributed by atoms with Gasteiger partial charge in [0.05, 0.1) is 0 Å². The lowest BCUT2D eigenvalue weighted by Crippen LogP contribution is -2.22. The maximum atomic E-state index is 4.46. The van der Waals surface area contributed by atoms with Gasteiger partial charge in [0.2, 0.25) is 0 Å². The highest BCUT2D eigenvalue weighted by atomic mass is 79.9. The zero-order valence-corrected chi connectivity index (χ0v) is 13.1. The number of likely N-dealkylation sites (N-methyl/N-ethyl adjacent to an activating group) is 1. The Bertz CT molecular complexity index is 540. The summed E-state index contributed by atoms with van der Waals surface area (Å²) in [6.45, 7) is 4.31. The van der Waals surface area contributed by atoms with Crippen LogP contribution in [0.4, 0.5) is 0 Å². The van der Waals surface area contributed by atoms with E-state index in [2.05, 4.69) is 64.3 Å². The molecule has 19 heavy (non-hydrogen) atoms. The Hall–Kier alpha value is -1.19. The van der Waals surface area contributed by atoms with Gasteiger partial charge in [-0.2, -0.15) is 0 Å². The van der Waals surface area contributed by atoms with Gasteiger partial charge in [-0.1, -0.05) is 41.1 Å². The smallest absolute Gasteiger partial charge is 0.0450 e. The van der Waals surface area contributed by atoms with Crippen LogP contribution in [0.5, 0.6) is 0 Å². The van der Waals surface area contributed by atoms with Crippen LogP contribution in [0.2, 0.25) is 0 Å². The van der Waals surface area contributed by atoms with Crippen molar-refractivity contribution >= 4 is 15.9 Å². The van der Waals surface area contributed by atoms with Crippen LogP contribution in [0.15, 0.2) is 47.1 Å². The molecule has 1 N–H and O–H groups in total. The van der Waals surface area contributed by atoms with Crippen molar-refractivity contribution in [2.24, 2.45) is 0 Å². The minimum Gasteiger partial charge on any atom is -0.312 e. The number of hydrogen-bond donors (Lipinski definition) is 1. The molecule has 0 radical (unpaired) electrons. The molecule has 0 aliphatic heterocycles. The average molecular weight is 319 g/mol. The second kappa shape index (κ2) is 6.31. The van der Waals surface area contributed by atoms with Gasteiger partial charge >= 0.3 is 0 Å². The summed E-state index contributed by atoms with van der Waals surface area (Å²) in [6.07, 6.45) is 1.85. The molecular weight excluding hydrogens is 300 g/mol. The summed E-state index contributed by atoms with van der Waals surface area (Å²) in [5.41, 5.74) is 3.64. The number of aromatic nitrogens is 1. The van der Waals surface area contributed by atoms with Crippen molar-refractivity contribution in [1.29, 1.82) is 0 Å². The Kier molecular flexibility index (Phi) is 4.72. The molecular formula is C16H19BrN2. The molecule has 0 aliphatic carbocycles. The summed E-state index contributed by atoms with van der Waals surface area (Å²) in [7, 11) is 2.00. The fourth-order valence-electron chi connectivity index (χ4n) is 2.32. The van der Waals surface area contributed by atoms with E-state index in [-0.39, 0.29) is 6.04 Å². The number of halogens is 1. The first kappa shape index (κ1) is 14.2. The Morgan fingerprint density at radius 1 is 1.21 bits per heavy atom. The van der Waals surface area contributed by atoms with Crippen LogP contribution < -0.4 is 5.32 Å². The molecule has 1 aromatic heterocycles. The Balaban J connectivity index is 2.31. The number of benzene rings is 1. The third-order valence-electron chi connectivity index (χ3n) is 3.52. The number of aryl methyl sites for hydroxylation is 1. The van der Waals surface area contributed by atoms with Crippen molar-refractivity contribution in [1.82, 2.24) is 10.3 Å². The molecule has 2 rings (SSSR count). The van der Waals surface area contributed by atoms with E-state index >= 15 is 0 Å². The van der Waals surface area contributed by atoms with Gasteiger partial charge < -0.3 is 5.32 Å². The molecule has 2 nitrogen and oxygen atoms in total. The normalized spacial score (nSPS) is 14.1. The highest BCUT2D eigenvalue weighted by molar-refractivity contribution is 9.10. The van der Waals surface area contributed by atoms with Crippen LogP contribution >= 0.6 is 15.9 Å². The van der Waals surface area contributed by atoms with Crippen LogP contribution in [-0.4, -0.2) is 12.0 Å². The first-order valence-electron chi connectivity index (χ1n) is 6.47. The van der Waals surface area contributed by atoms with E-state index in [9.17, 15) is 0 Å². The number of pyridine rings is 1. The summed E-state index contributed by atoms with van der Waals surface area (Å²) >= 11 is 3.61. The van der Waals surface area contributed by atoms with E-state index in [1.165, 1.54) is 11.1 Å². The third-order valence-corrected chi connectivity index (χ3v) is 4.37. The average Bonchev–Trinajstić information content (AvgIpc) is 2.44. The molecule has 2 aromatic rings. The molecule has 3 heteroatoms. The van der Waals surface area contributed by atoms with Crippen molar-refractivity contribution in [2.45, 2.75) is 25.8 Å². The topological polar surface area (TPSA) is 24.9 Å². The van der Waals surface area contributed by atoms with Crippen molar-refractivity contribution in [3.63, 3.8) is 0 Å². The van der Waals surface area contributed by atoms with Crippen LogP contribution in [0.1, 0.15) is 35.7 Å². The van der Waals surface area contributed by atoms with E-state index in [1.54, 1.807) is 0 Å². The molecule has 1 heterocycles. The third kappa shape index (κ3) is 3.23. The molecule has 0 fully saturated rings. The highest BCUT2D eigenvalue weighted by Gasteiger charge is 2.20. The molecule has 100 valence electrons. The van der Waals surface area contributed by atoms with E-state index in [4.69, 9.17) is 0 Å². The van der Waals surface area contributed by atoms with Crippen molar-refractivity contribution < 1.29 is 0 Å². The van der Waals surface area contributed by atoms with Crippen LogP contribution in [0.3, 0.4) is 0 Å². The van der Waals surface area contributed by atoms with Crippen LogP contribution in [-0.2, 0) is 0 Å². The Morgan fingerprint density at radius 2 is 2.00 bits per heavy atom. The van der Waals surface area contributed by atoms with Gasteiger partial charge in [-0.15, -0.1) is 0 Å². The molecule has 0 aliphatic rings. The first-order valence-corrected chi connectivity index (χ1v) is 7.27. The van der Waals surface area contributed by atoms with Crippen molar-refractivity contribution in [2.75, 3.05) is 7.05 Å². The minimum absolute atomic E-state index is 0.256. The summed E-state index contributed by atoms with van der Waals surface area (Å²) in [4.78, 5) is 4.46. The van der Waals surface area contributed by atoms with Gasteiger partial charge in [-0.3, -0.25) is 4.98 Å². The lowest BCUT2D eigenvalue weighted by molar-refractivity contribution is 0.499. The predicted octanol–water partition coefficient (Wildman–Crippen LogP) is 4.22. The van der Waals surface area contributed by atoms with E-state index in [1.807, 2.05) is 25.4 Å². The maximum Gasteiger partial charge on any atom is 0.0450 e. The molecule has 0 amide bonds. The lowest BCUT2D eigenvalue weighted by Gasteiger charge is -2.24. The number of nitrogens with one attached hydrogen (secondary N) is 1. The molecule has 0 saturated carbocycles. The molecule has 2 atom stereocenters. The highest BCUT2D eigenvalue weighted by Crippen LogP contribution is 2.31. The zero-order valence-electron chi connectivity index (χ0n) is 11.5. The monoisotopic (exact) mass is 318 g/mol. The van der Waals surface area contributed by atoms with Gasteiger partial charge in [-0.25, -0.2) is 0 Å². The molecule has 0 spiro atoms. The fourth-order valence-corrected chi connectivity index (χ4v) is 2.72. The quantitative estimate of drug-likeness (QED) is 0.913. The standard InChI is InChI=1S/C16H19BrN2/c1-11-7-8-13(10-14(11)17)16(18-3)12(2)15-6-4-5-9-19-15/h4-10,12,16,18H,1-3H3. The van der Waals surface area contributed by atoms with Gasteiger partial charge in [0.15, 0.2) is 0 Å². The van der Waals surface area contributed by atoms with Gasteiger partial charge in [-0.05, 0) is 43.3 Å². The number of hydrogen-bond acceptors (Lipinski definition) is 2. The van der Waals surface area contributed by atoms with Crippen molar-refractivity contribution in [3.8, 4) is 0 Å². The van der Waals surface area contributed by atoms with Crippen LogP contribution in [0, 0.1) is 6.92 Å². The molecule has 2 unspecified atom stereocenters. The second-order valence-corrected chi connectivity index (χ2v) is 5.67. The molecule has 1 aromatic carbocycles. The summed E-state index contributed by atoms with van der Waals surface area (Å²) < 4.78 is 1.15. The van der Waals surface area contributed by atoms with E-state index < -0.39 is 0 Å². The minimum atomic E-state index is 0.256. The maximum absolute atomic E-state index is 4.46. The van der Waals surface area contributed by atoms with E-state index in [0.29, 0.717) is 5.92 Å². The van der Waals surface area contributed by atoms with Crippen molar-refractivity contribution in [3.05, 3.63) is 63.9 Å². The Labute approximate surface area is 123 Å². The van der Waals surface area contributed by atoms with Gasteiger partial charge in [0.25, 0.3) is 0 Å². The fraction of sp³-hybridized carbons (Fsp3) is 0.312. The number of rotatable bonds is 4. The molecule has 0 saturated heterocycles. The zero-order chi connectivity index (χ0) is 13.8. The lowest BCUT2D eigenvalue weighted by atomic mass is 9.91. The predicted molar refractivity (Wildman–Crippen MR) is 83.3 cm³/mol. The second-order valence-electron chi connectivity index (χ2n) is 4.82. The largest absolute Gasteiger partial charge is 0.312 e. The summed E-state index contributed by atoms with van der Waals surface area (Å²) in [5, 5.41) is 3.40. The summed E-state index contributed by atoms with van der Waals surface area (Å²) in [6, 6.07) is 12.8. The molecule has 0 bridgehead atoms.